The van der Waals surface area contributed by atoms with Crippen molar-refractivity contribution in [1.29, 1.82) is 10.5 Å². The fourth-order valence-electron chi connectivity index (χ4n) is 4.05. The molecule has 34 heavy (non-hydrogen) atoms. The lowest BCUT2D eigenvalue weighted by atomic mass is 9.88. The van der Waals surface area contributed by atoms with Crippen LogP contribution in [0.5, 0.6) is 11.5 Å². The number of carbonyl (C=O) groups excluding carboxylic acids is 1. The molecule has 6 nitrogen and oxygen atoms in total. The van der Waals surface area contributed by atoms with Gasteiger partial charge in [-0.15, -0.1) is 11.3 Å². The fourth-order valence-corrected chi connectivity index (χ4v) is 5.40. The molecule has 1 N–H and O–H groups in total. The van der Waals surface area contributed by atoms with Gasteiger partial charge in [0.15, 0.2) is 11.5 Å². The molecule has 1 amide bonds. The zero-order valence-corrected chi connectivity index (χ0v) is 20.9. The molecule has 1 aromatic carbocycles. The van der Waals surface area contributed by atoms with E-state index in [-0.39, 0.29) is 5.57 Å². The summed E-state index contributed by atoms with van der Waals surface area (Å²) in [5.74, 6) is 1.22. The topological polar surface area (TPSA) is 95.1 Å². The summed E-state index contributed by atoms with van der Waals surface area (Å²) in [7, 11) is 1.56. The number of fused-ring (bicyclic) bond motifs is 1. The van der Waals surface area contributed by atoms with Crippen molar-refractivity contribution in [3.05, 3.63) is 45.3 Å². The van der Waals surface area contributed by atoms with Crippen LogP contribution in [-0.2, 0) is 17.6 Å². The summed E-state index contributed by atoms with van der Waals surface area (Å²) in [5, 5.41) is 22.6. The fraction of sp³-hybridized carbons (Fsp3) is 0.444. The van der Waals surface area contributed by atoms with Crippen LogP contribution in [0.2, 0.25) is 0 Å². The van der Waals surface area contributed by atoms with Crippen molar-refractivity contribution in [2.75, 3.05) is 19.0 Å². The predicted molar refractivity (Wildman–Crippen MR) is 135 cm³/mol. The lowest BCUT2D eigenvalue weighted by Crippen LogP contribution is -2.13. The molecular weight excluding hydrogens is 446 g/mol. The molecule has 3 rings (SSSR count). The minimum atomic E-state index is -0.527. The number of hydrogen-bond donors (Lipinski definition) is 1. The molecule has 2 aromatic rings. The van der Waals surface area contributed by atoms with E-state index in [9.17, 15) is 15.3 Å². The minimum Gasteiger partial charge on any atom is -0.493 e. The van der Waals surface area contributed by atoms with Crippen molar-refractivity contribution < 1.29 is 14.3 Å². The Balaban J connectivity index is 1.74. The summed E-state index contributed by atoms with van der Waals surface area (Å²) >= 11 is 1.45. The van der Waals surface area contributed by atoms with Crippen LogP contribution in [0.1, 0.15) is 67.5 Å². The molecule has 1 aliphatic carbocycles. The second-order valence-electron chi connectivity index (χ2n) is 8.61. The zero-order valence-electron chi connectivity index (χ0n) is 20.1. The summed E-state index contributed by atoms with van der Waals surface area (Å²) in [6.07, 6.45) is 8.78. The van der Waals surface area contributed by atoms with Crippen LogP contribution >= 0.6 is 11.3 Å². The van der Waals surface area contributed by atoms with Gasteiger partial charge in [-0.05, 0) is 60.9 Å². The smallest absolute Gasteiger partial charge is 0.266 e. The van der Waals surface area contributed by atoms with E-state index in [0.717, 1.165) is 42.5 Å². The van der Waals surface area contributed by atoms with Gasteiger partial charge in [0.1, 0.15) is 22.7 Å². The third-order valence-corrected chi connectivity index (χ3v) is 7.14. The molecule has 1 aromatic heterocycles. The van der Waals surface area contributed by atoms with Crippen LogP contribution in [-0.4, -0.2) is 19.6 Å². The van der Waals surface area contributed by atoms with Gasteiger partial charge in [0.25, 0.3) is 5.91 Å². The predicted octanol–water partition coefficient (Wildman–Crippen LogP) is 6.26. The number of thiophene rings is 1. The summed E-state index contributed by atoms with van der Waals surface area (Å²) in [5.41, 5.74) is 2.18. The average Bonchev–Trinajstić information content (AvgIpc) is 3.18. The molecule has 0 bridgehead atoms. The monoisotopic (exact) mass is 477 g/mol. The Bertz CT molecular complexity index is 1140. The van der Waals surface area contributed by atoms with Gasteiger partial charge in [-0.2, -0.15) is 10.5 Å². The van der Waals surface area contributed by atoms with Crippen molar-refractivity contribution in [3.8, 4) is 23.6 Å². The van der Waals surface area contributed by atoms with Gasteiger partial charge in [0.05, 0.1) is 19.3 Å². The average molecular weight is 478 g/mol. The van der Waals surface area contributed by atoms with Crippen LogP contribution in [0.25, 0.3) is 6.08 Å². The van der Waals surface area contributed by atoms with Gasteiger partial charge >= 0.3 is 0 Å². The maximum absolute atomic E-state index is 12.9. The molecule has 1 unspecified atom stereocenters. The largest absolute Gasteiger partial charge is 0.493 e. The first kappa shape index (κ1) is 25.3. The highest BCUT2D eigenvalue weighted by molar-refractivity contribution is 7.16. The normalized spacial score (nSPS) is 15.1. The minimum absolute atomic E-state index is 0.0427. The third kappa shape index (κ3) is 6.18. The number of carbonyl (C=O) groups is 1. The van der Waals surface area contributed by atoms with Gasteiger partial charge in [-0.25, -0.2) is 0 Å². The number of anilines is 1. The van der Waals surface area contributed by atoms with Gasteiger partial charge in [0.2, 0.25) is 0 Å². The molecule has 7 heteroatoms. The molecule has 0 aliphatic heterocycles. The van der Waals surface area contributed by atoms with Gasteiger partial charge in [-0.1, -0.05) is 39.2 Å². The first-order valence-corrected chi connectivity index (χ1v) is 12.6. The molecule has 0 spiro atoms. The molecule has 0 radical (unpaired) electrons. The summed E-state index contributed by atoms with van der Waals surface area (Å²) in [4.78, 5) is 14.0. The third-order valence-electron chi connectivity index (χ3n) is 5.97. The first-order chi connectivity index (χ1) is 16.5. The molecular formula is C27H31N3O3S. The van der Waals surface area contributed by atoms with Crippen molar-refractivity contribution in [1.82, 2.24) is 0 Å². The van der Waals surface area contributed by atoms with E-state index in [4.69, 9.17) is 9.47 Å². The van der Waals surface area contributed by atoms with Gasteiger partial charge < -0.3 is 14.8 Å². The number of nitrogens with one attached hydrogen (secondary N) is 1. The van der Waals surface area contributed by atoms with Gasteiger partial charge in [0, 0.05) is 4.88 Å². The molecule has 0 fully saturated rings. The van der Waals surface area contributed by atoms with Gasteiger partial charge in [-0.3, -0.25) is 4.79 Å². The Kier molecular flexibility index (Phi) is 9.13. The quantitative estimate of drug-likeness (QED) is 0.248. The number of hydrogen-bond acceptors (Lipinski definition) is 6. The highest BCUT2D eigenvalue weighted by atomic mass is 32.1. The number of methoxy groups -OCH3 is 1. The van der Waals surface area contributed by atoms with Crippen molar-refractivity contribution in [2.45, 2.75) is 58.8 Å². The van der Waals surface area contributed by atoms with Crippen LogP contribution in [0.3, 0.4) is 0 Å². The molecule has 0 saturated heterocycles. The van der Waals surface area contributed by atoms with E-state index in [0.29, 0.717) is 40.2 Å². The highest BCUT2D eigenvalue weighted by Gasteiger charge is 2.25. The van der Waals surface area contributed by atoms with Crippen LogP contribution < -0.4 is 14.8 Å². The van der Waals surface area contributed by atoms with E-state index in [2.05, 4.69) is 25.2 Å². The maximum Gasteiger partial charge on any atom is 0.266 e. The van der Waals surface area contributed by atoms with E-state index < -0.39 is 5.91 Å². The first-order valence-electron chi connectivity index (χ1n) is 11.8. The summed E-state index contributed by atoms with van der Waals surface area (Å²) < 4.78 is 11.3. The lowest BCUT2D eigenvalue weighted by molar-refractivity contribution is -0.112. The number of nitrogens with zero attached hydrogens (tertiary/aromatic N) is 2. The number of nitriles is 2. The lowest BCUT2D eigenvalue weighted by Gasteiger charge is -2.17. The number of rotatable bonds is 10. The number of unbranched alkanes of at least 4 members (excludes halogenated alkanes) is 3. The molecule has 178 valence electrons. The number of benzene rings is 1. The van der Waals surface area contributed by atoms with Crippen LogP contribution in [0.15, 0.2) is 23.8 Å². The second-order valence-corrected chi connectivity index (χ2v) is 9.72. The highest BCUT2D eigenvalue weighted by Crippen LogP contribution is 2.39. The molecule has 1 aliphatic rings. The van der Waals surface area contributed by atoms with Crippen molar-refractivity contribution >= 4 is 28.3 Å². The standard InChI is InChI=1S/C27H31N3O3S/c1-4-5-6-7-12-33-23-11-9-19(15-24(23)32-3)14-20(16-28)26(31)30-27-22(17-29)21-10-8-18(2)13-25(21)34-27/h9,11,14-15,18H,4-8,10,12-13H2,1-3H3,(H,30,31)/b20-14+. The Labute approximate surface area is 205 Å². The molecule has 0 saturated carbocycles. The van der Waals surface area contributed by atoms with Crippen LogP contribution in [0.4, 0.5) is 5.00 Å². The summed E-state index contributed by atoms with van der Waals surface area (Å²) in [6, 6.07) is 9.56. The van der Waals surface area contributed by atoms with E-state index >= 15 is 0 Å². The number of amides is 1. The Morgan fingerprint density at radius 3 is 2.79 bits per heavy atom. The zero-order chi connectivity index (χ0) is 24.5. The van der Waals surface area contributed by atoms with E-state index in [1.165, 1.54) is 30.3 Å². The Hall–Kier alpha value is -3.29. The van der Waals surface area contributed by atoms with E-state index in [1.807, 2.05) is 6.07 Å². The SMILES string of the molecule is CCCCCCOc1ccc(/C=C(\C#N)C(=O)Nc2sc3c(c2C#N)CCC(C)C3)cc1OC. The Morgan fingerprint density at radius 2 is 2.09 bits per heavy atom. The summed E-state index contributed by atoms with van der Waals surface area (Å²) in [6.45, 7) is 4.98. The number of ether oxygens (including phenoxy) is 2. The van der Waals surface area contributed by atoms with E-state index in [1.54, 1.807) is 25.3 Å². The second kappa shape index (κ2) is 12.3. The Morgan fingerprint density at radius 1 is 1.26 bits per heavy atom. The van der Waals surface area contributed by atoms with Crippen LogP contribution in [0, 0.1) is 28.6 Å². The molecule has 1 atom stereocenters. The van der Waals surface area contributed by atoms with Crippen molar-refractivity contribution in [3.63, 3.8) is 0 Å². The maximum atomic E-state index is 12.9. The molecule has 1 heterocycles. The van der Waals surface area contributed by atoms with Crippen molar-refractivity contribution in [2.24, 2.45) is 5.92 Å².